The summed E-state index contributed by atoms with van der Waals surface area (Å²) in [6, 6.07) is 14.4. The number of benzene rings is 2. The van der Waals surface area contributed by atoms with E-state index in [0.29, 0.717) is 11.3 Å². The minimum atomic E-state index is -0.310. The summed E-state index contributed by atoms with van der Waals surface area (Å²) < 4.78 is 0. The van der Waals surface area contributed by atoms with Crippen LogP contribution in [0.15, 0.2) is 61.2 Å². The number of anilines is 2. The molecule has 2 aromatic carbocycles. The van der Waals surface area contributed by atoms with E-state index in [4.69, 9.17) is 0 Å². The quantitative estimate of drug-likeness (QED) is 0.844. The second-order valence-electron chi connectivity index (χ2n) is 4.60. The van der Waals surface area contributed by atoms with Crippen LogP contribution in [0.2, 0.25) is 0 Å². The Morgan fingerprint density at radius 3 is 2.38 bits per heavy atom. The third-order valence-electron chi connectivity index (χ3n) is 2.82. The minimum Gasteiger partial charge on any atom is -0.322 e. The van der Waals surface area contributed by atoms with Gasteiger partial charge in [-0.2, -0.15) is 0 Å². The lowest BCUT2D eigenvalue weighted by molar-refractivity contribution is -0.111. The predicted octanol–water partition coefficient (Wildman–Crippen LogP) is 3.37. The van der Waals surface area contributed by atoms with Gasteiger partial charge in [-0.15, -0.1) is 0 Å². The smallest absolute Gasteiger partial charge is 0.255 e. The molecule has 0 fully saturated rings. The maximum Gasteiger partial charge on any atom is 0.255 e. The number of aryl methyl sites for hydroxylation is 1. The molecule has 0 bridgehead atoms. The Labute approximate surface area is 123 Å². The van der Waals surface area contributed by atoms with Gasteiger partial charge < -0.3 is 10.6 Å². The van der Waals surface area contributed by atoms with Crippen LogP contribution in [0.3, 0.4) is 0 Å². The van der Waals surface area contributed by atoms with Crippen LogP contribution in [0.25, 0.3) is 0 Å². The fourth-order valence-electron chi connectivity index (χ4n) is 1.90. The van der Waals surface area contributed by atoms with Crippen LogP contribution in [0.4, 0.5) is 11.4 Å². The standard InChI is InChI=1S/C17H16N2O2/c1-3-16(20)18-15-10-12(2)9-13(11-15)17(21)19-14-7-5-4-6-8-14/h3-11H,1H2,2H3,(H,18,20)(H,19,21). The summed E-state index contributed by atoms with van der Waals surface area (Å²) in [5.74, 6) is -0.533. The van der Waals surface area contributed by atoms with Gasteiger partial charge in [-0.3, -0.25) is 9.59 Å². The number of amides is 2. The van der Waals surface area contributed by atoms with Crippen molar-refractivity contribution >= 4 is 23.2 Å². The Balaban J connectivity index is 2.20. The molecular formula is C17H16N2O2. The largest absolute Gasteiger partial charge is 0.322 e. The van der Waals surface area contributed by atoms with Gasteiger partial charge in [0.1, 0.15) is 0 Å². The topological polar surface area (TPSA) is 58.2 Å². The molecule has 2 N–H and O–H groups in total. The monoisotopic (exact) mass is 280 g/mol. The number of carbonyl (C=O) groups is 2. The number of nitrogens with one attached hydrogen (secondary N) is 2. The molecule has 0 aromatic heterocycles. The second kappa shape index (κ2) is 6.52. The summed E-state index contributed by atoms with van der Waals surface area (Å²) in [7, 11) is 0. The molecule has 0 saturated carbocycles. The summed E-state index contributed by atoms with van der Waals surface area (Å²) in [6.07, 6.45) is 1.19. The van der Waals surface area contributed by atoms with Crippen LogP contribution < -0.4 is 10.6 Å². The van der Waals surface area contributed by atoms with E-state index < -0.39 is 0 Å². The van der Waals surface area contributed by atoms with Crippen LogP contribution in [-0.4, -0.2) is 11.8 Å². The maximum atomic E-state index is 12.2. The van der Waals surface area contributed by atoms with E-state index in [1.165, 1.54) is 6.08 Å². The van der Waals surface area contributed by atoms with Crippen LogP contribution >= 0.6 is 0 Å². The van der Waals surface area contributed by atoms with Gasteiger partial charge in [0.05, 0.1) is 0 Å². The fraction of sp³-hybridized carbons (Fsp3) is 0.0588. The number of rotatable bonds is 4. The molecule has 4 nitrogen and oxygen atoms in total. The maximum absolute atomic E-state index is 12.2. The molecule has 0 unspecified atom stereocenters. The van der Waals surface area contributed by atoms with Gasteiger partial charge in [-0.05, 0) is 48.9 Å². The molecule has 0 radical (unpaired) electrons. The first kappa shape index (κ1) is 14.5. The first-order chi connectivity index (χ1) is 10.1. The molecule has 0 aliphatic carbocycles. The van der Waals surface area contributed by atoms with Crippen molar-refractivity contribution in [2.24, 2.45) is 0 Å². The number of para-hydroxylation sites is 1. The Morgan fingerprint density at radius 1 is 1.00 bits per heavy atom. The normalized spacial score (nSPS) is 9.76. The lowest BCUT2D eigenvalue weighted by Gasteiger charge is -2.09. The predicted molar refractivity (Wildman–Crippen MR) is 84.4 cm³/mol. The highest BCUT2D eigenvalue weighted by atomic mass is 16.2. The van der Waals surface area contributed by atoms with Crippen molar-refractivity contribution in [2.75, 3.05) is 10.6 Å². The summed E-state index contributed by atoms with van der Waals surface area (Å²) in [5.41, 5.74) is 2.66. The summed E-state index contributed by atoms with van der Waals surface area (Å²) in [4.78, 5) is 23.6. The summed E-state index contributed by atoms with van der Waals surface area (Å²) in [5, 5.41) is 5.46. The third kappa shape index (κ3) is 4.04. The van der Waals surface area contributed by atoms with Gasteiger partial charge in [0.25, 0.3) is 5.91 Å². The van der Waals surface area contributed by atoms with E-state index in [-0.39, 0.29) is 11.8 Å². The summed E-state index contributed by atoms with van der Waals surface area (Å²) in [6.45, 7) is 5.27. The van der Waals surface area contributed by atoms with Crippen molar-refractivity contribution in [2.45, 2.75) is 6.92 Å². The molecule has 0 aliphatic rings. The van der Waals surface area contributed by atoms with E-state index in [9.17, 15) is 9.59 Å². The number of hydrogen-bond acceptors (Lipinski definition) is 2. The Bertz CT molecular complexity index is 678. The lowest BCUT2D eigenvalue weighted by atomic mass is 10.1. The van der Waals surface area contributed by atoms with Crippen molar-refractivity contribution in [3.05, 3.63) is 72.3 Å². The Hall–Kier alpha value is -2.88. The lowest BCUT2D eigenvalue weighted by Crippen LogP contribution is -2.13. The summed E-state index contributed by atoms with van der Waals surface area (Å²) >= 11 is 0. The Morgan fingerprint density at radius 2 is 1.71 bits per heavy atom. The molecule has 0 heterocycles. The highest BCUT2D eigenvalue weighted by Crippen LogP contribution is 2.16. The van der Waals surface area contributed by atoms with Crippen molar-refractivity contribution < 1.29 is 9.59 Å². The van der Waals surface area contributed by atoms with Crippen molar-refractivity contribution in [3.63, 3.8) is 0 Å². The van der Waals surface area contributed by atoms with E-state index in [1.54, 1.807) is 18.2 Å². The first-order valence-corrected chi connectivity index (χ1v) is 6.50. The molecule has 2 aromatic rings. The van der Waals surface area contributed by atoms with E-state index in [1.807, 2.05) is 37.3 Å². The zero-order valence-electron chi connectivity index (χ0n) is 11.7. The third-order valence-corrected chi connectivity index (χ3v) is 2.82. The van der Waals surface area contributed by atoms with Crippen LogP contribution in [-0.2, 0) is 4.79 Å². The molecule has 106 valence electrons. The van der Waals surface area contributed by atoms with E-state index in [2.05, 4.69) is 17.2 Å². The molecule has 4 heteroatoms. The van der Waals surface area contributed by atoms with Gasteiger partial charge in [0.2, 0.25) is 5.91 Å². The van der Waals surface area contributed by atoms with Gasteiger partial charge in [-0.25, -0.2) is 0 Å². The first-order valence-electron chi connectivity index (χ1n) is 6.50. The van der Waals surface area contributed by atoms with E-state index >= 15 is 0 Å². The molecular weight excluding hydrogens is 264 g/mol. The van der Waals surface area contributed by atoms with Crippen molar-refractivity contribution in [1.29, 1.82) is 0 Å². The van der Waals surface area contributed by atoms with Crippen molar-refractivity contribution in [3.8, 4) is 0 Å². The minimum absolute atomic E-state index is 0.223. The molecule has 21 heavy (non-hydrogen) atoms. The van der Waals surface area contributed by atoms with Gasteiger partial charge >= 0.3 is 0 Å². The average Bonchev–Trinajstić information content (AvgIpc) is 2.47. The van der Waals surface area contributed by atoms with Crippen LogP contribution in [0, 0.1) is 6.92 Å². The molecule has 2 rings (SSSR count). The van der Waals surface area contributed by atoms with Gasteiger partial charge in [-0.1, -0.05) is 24.8 Å². The highest BCUT2D eigenvalue weighted by molar-refractivity contribution is 6.06. The SMILES string of the molecule is C=CC(=O)Nc1cc(C)cc(C(=O)Nc2ccccc2)c1. The van der Waals surface area contributed by atoms with Gasteiger partial charge in [0, 0.05) is 16.9 Å². The fourth-order valence-corrected chi connectivity index (χ4v) is 1.90. The van der Waals surface area contributed by atoms with Crippen LogP contribution in [0.1, 0.15) is 15.9 Å². The second-order valence-corrected chi connectivity index (χ2v) is 4.60. The molecule has 0 saturated heterocycles. The molecule has 0 aliphatic heterocycles. The zero-order valence-corrected chi connectivity index (χ0v) is 11.7. The van der Waals surface area contributed by atoms with Crippen molar-refractivity contribution in [1.82, 2.24) is 0 Å². The van der Waals surface area contributed by atoms with E-state index in [0.717, 1.165) is 11.3 Å². The molecule has 0 atom stereocenters. The molecule has 0 spiro atoms. The number of carbonyl (C=O) groups excluding carboxylic acids is 2. The van der Waals surface area contributed by atoms with Crippen LogP contribution in [0.5, 0.6) is 0 Å². The average molecular weight is 280 g/mol. The van der Waals surface area contributed by atoms with Gasteiger partial charge in [0.15, 0.2) is 0 Å². The highest BCUT2D eigenvalue weighted by Gasteiger charge is 2.09. The molecule has 2 amide bonds. The Kier molecular flexibility index (Phi) is 4.51. The zero-order chi connectivity index (χ0) is 15.2. The number of hydrogen-bond donors (Lipinski definition) is 2.